The van der Waals surface area contributed by atoms with Gasteiger partial charge in [0.05, 0.1) is 6.86 Å². The van der Waals surface area contributed by atoms with Crippen LogP contribution in [0.5, 0.6) is 0 Å². The Labute approximate surface area is 35.7 Å². The van der Waals surface area contributed by atoms with E-state index in [1.165, 1.54) is 11.3 Å². The maximum Gasteiger partial charge on any atom is 0.0960 e. The fourth-order valence-electron chi connectivity index (χ4n) is 0.152. The Morgan fingerprint density at radius 3 is 3.20 bits per heavy atom. The second-order valence-electron chi connectivity index (χ2n) is 0.623. The molecule has 1 heterocycles. The van der Waals surface area contributed by atoms with E-state index in [1.54, 1.807) is 11.6 Å². The second kappa shape index (κ2) is 1.17. The lowest BCUT2D eigenvalue weighted by atomic mass is 11.0. The molecule has 0 radical (unpaired) electrons. The van der Waals surface area contributed by atoms with Crippen LogP contribution in [0.3, 0.4) is 0 Å². The summed E-state index contributed by atoms with van der Waals surface area (Å²) in [5.74, 6) is 0. The third kappa shape index (κ3) is 0.450. The van der Waals surface area contributed by atoms with Gasteiger partial charge >= 0.3 is 0 Å². The van der Waals surface area contributed by atoms with Crippen LogP contribution in [0.2, 0.25) is 0 Å². The van der Waals surface area contributed by atoms with Crippen LogP contribution >= 0.6 is 11.3 Å². The number of thiazole rings is 1. The Morgan fingerprint density at radius 1 is 2.00 bits per heavy atom. The zero-order valence-corrected chi connectivity index (χ0v) is 3.33. The van der Waals surface area contributed by atoms with Gasteiger partial charge in [0, 0.05) is 11.6 Å². The van der Waals surface area contributed by atoms with E-state index < -0.39 is 0 Å². The molecular formula is C3H3NS. The van der Waals surface area contributed by atoms with Crippen LogP contribution in [-0.4, -0.2) is 4.98 Å². The Hall–Kier alpha value is -0.370. The van der Waals surface area contributed by atoms with Gasteiger partial charge in [-0.1, -0.05) is 0 Å². The minimum Gasteiger partial charge on any atom is -0.253 e. The SMILES string of the molecule is [3H]c1nccs1. The molecule has 26 valence electrons. The van der Waals surface area contributed by atoms with E-state index in [2.05, 4.69) is 4.98 Å². The van der Waals surface area contributed by atoms with Crippen LogP contribution < -0.4 is 0 Å². The van der Waals surface area contributed by atoms with E-state index in [0.29, 0.717) is 5.49 Å². The summed E-state index contributed by atoms with van der Waals surface area (Å²) in [5.41, 5.74) is 0.384. The normalized spacial score (nSPS) is 10.8. The lowest BCUT2D eigenvalue weighted by Gasteiger charge is -1.41. The van der Waals surface area contributed by atoms with Gasteiger partial charge in [-0.25, -0.2) is 0 Å². The largest absolute Gasteiger partial charge is 0.253 e. The van der Waals surface area contributed by atoms with E-state index in [-0.39, 0.29) is 0 Å². The molecule has 0 amide bonds. The maximum atomic E-state index is 6.78. The molecule has 0 aliphatic rings. The highest BCUT2D eigenvalue weighted by Crippen LogP contribution is 1.85. The van der Waals surface area contributed by atoms with E-state index in [4.69, 9.17) is 1.37 Å². The third-order valence-electron chi connectivity index (χ3n) is 0.309. The molecule has 1 rings (SSSR count). The molecule has 0 fully saturated rings. The first-order chi connectivity index (χ1) is 2.89. The van der Waals surface area contributed by atoms with Crippen LogP contribution in [0.1, 0.15) is 1.37 Å². The van der Waals surface area contributed by atoms with Crippen molar-refractivity contribution in [1.29, 1.82) is 0 Å². The molecule has 0 aromatic carbocycles. The van der Waals surface area contributed by atoms with Gasteiger partial charge in [-0.2, -0.15) is 0 Å². The number of hydrogen-bond donors (Lipinski definition) is 0. The lowest BCUT2D eigenvalue weighted by Crippen LogP contribution is -1.38. The quantitative estimate of drug-likeness (QED) is 0.462. The Bertz CT molecular complexity index is 114. The van der Waals surface area contributed by atoms with Gasteiger partial charge in [0.2, 0.25) is 0 Å². The van der Waals surface area contributed by atoms with E-state index in [0.717, 1.165) is 0 Å². The zero-order valence-electron chi connectivity index (χ0n) is 3.51. The summed E-state index contributed by atoms with van der Waals surface area (Å²) in [6.07, 6.45) is 1.62. The second-order valence-corrected chi connectivity index (χ2v) is 1.31. The Balaban J connectivity index is 3.05. The summed E-state index contributed by atoms with van der Waals surface area (Å²) in [4.78, 5) is 3.60. The highest BCUT2D eigenvalue weighted by molar-refractivity contribution is 7.07. The van der Waals surface area contributed by atoms with Crippen LogP contribution in [0.25, 0.3) is 0 Å². The molecule has 1 aromatic heterocycles. The van der Waals surface area contributed by atoms with E-state index in [1.807, 2.05) is 0 Å². The van der Waals surface area contributed by atoms with Crippen LogP contribution in [-0.2, 0) is 0 Å². The first-order valence-corrected chi connectivity index (χ1v) is 2.13. The summed E-state index contributed by atoms with van der Waals surface area (Å²) in [5, 5.41) is 1.78. The minimum absolute atomic E-state index is 0.384. The molecule has 0 aliphatic carbocycles. The van der Waals surface area contributed by atoms with Crippen molar-refractivity contribution in [2.45, 2.75) is 0 Å². The minimum atomic E-state index is 0.384. The van der Waals surface area contributed by atoms with Crippen LogP contribution in [0.4, 0.5) is 0 Å². The lowest BCUT2D eigenvalue weighted by molar-refractivity contribution is 1.43. The first-order valence-electron chi connectivity index (χ1n) is 1.75. The topological polar surface area (TPSA) is 12.9 Å². The number of aromatic nitrogens is 1. The van der Waals surface area contributed by atoms with Gasteiger partial charge < -0.3 is 0 Å². The van der Waals surface area contributed by atoms with Crippen molar-refractivity contribution >= 4 is 11.3 Å². The molecule has 2 heteroatoms. The highest BCUT2D eigenvalue weighted by Gasteiger charge is 1.59. The van der Waals surface area contributed by atoms with Gasteiger partial charge in [0.1, 0.15) is 0 Å². The van der Waals surface area contributed by atoms with Gasteiger partial charge in [-0.15, -0.1) is 11.3 Å². The van der Waals surface area contributed by atoms with Crippen molar-refractivity contribution in [3.63, 3.8) is 0 Å². The molecule has 0 aliphatic heterocycles. The predicted molar refractivity (Wildman–Crippen MR) is 22.1 cm³/mol. The molecule has 0 unspecified atom stereocenters. The van der Waals surface area contributed by atoms with Crippen molar-refractivity contribution in [2.75, 3.05) is 0 Å². The highest BCUT2D eigenvalue weighted by atomic mass is 32.1. The standard InChI is InChI=1S/C3H3NS/c1-2-5-3-4-1/h1-3H/i3T. The first kappa shape index (κ1) is 1.92. The molecule has 1 aromatic rings. The fourth-order valence-corrected chi connectivity index (χ4v) is 0.456. The van der Waals surface area contributed by atoms with Crippen molar-refractivity contribution in [3.05, 3.63) is 17.1 Å². The van der Waals surface area contributed by atoms with Crippen molar-refractivity contribution < 1.29 is 1.37 Å². The Kier molecular flexibility index (Phi) is 0.451. The van der Waals surface area contributed by atoms with E-state index in [9.17, 15) is 0 Å². The zero-order chi connectivity index (χ0) is 4.41. The molecular weight excluding hydrogens is 82.1 g/mol. The number of rotatable bonds is 0. The third-order valence-corrected chi connectivity index (χ3v) is 0.777. The summed E-state index contributed by atoms with van der Waals surface area (Å²) in [7, 11) is 0. The maximum absolute atomic E-state index is 6.78. The molecule has 0 bridgehead atoms. The fraction of sp³-hybridized carbons (Fsp3) is 0. The van der Waals surface area contributed by atoms with Gasteiger partial charge in [-0.3, -0.25) is 4.98 Å². The smallest absolute Gasteiger partial charge is 0.0960 e. The van der Waals surface area contributed by atoms with Gasteiger partial charge in [-0.05, 0) is 0 Å². The summed E-state index contributed by atoms with van der Waals surface area (Å²) in [6, 6.07) is 0. The number of hydrogen-bond acceptors (Lipinski definition) is 2. The van der Waals surface area contributed by atoms with E-state index >= 15 is 0 Å². The molecule has 1 nitrogen and oxygen atoms in total. The van der Waals surface area contributed by atoms with Crippen LogP contribution in [0, 0.1) is 0 Å². The van der Waals surface area contributed by atoms with Crippen molar-refractivity contribution in [1.82, 2.24) is 4.98 Å². The molecule has 0 saturated carbocycles. The number of nitrogens with zero attached hydrogens (tertiary/aromatic N) is 1. The monoisotopic (exact) mass is 87.0 g/mol. The predicted octanol–water partition coefficient (Wildman–Crippen LogP) is 1.14. The average Bonchev–Trinajstić information content (AvgIpc) is 1.86. The Morgan fingerprint density at radius 2 is 3.00 bits per heavy atom. The summed E-state index contributed by atoms with van der Waals surface area (Å²) >= 11 is 1.33. The summed E-state index contributed by atoms with van der Waals surface area (Å²) < 4.78 is 6.78. The van der Waals surface area contributed by atoms with Gasteiger partial charge in [0.25, 0.3) is 0 Å². The molecule has 5 heavy (non-hydrogen) atoms. The molecule has 0 N–H and O–H groups in total. The van der Waals surface area contributed by atoms with Crippen molar-refractivity contribution in [2.24, 2.45) is 0 Å². The molecule has 0 atom stereocenters. The van der Waals surface area contributed by atoms with Crippen LogP contribution in [0.15, 0.2) is 17.1 Å². The van der Waals surface area contributed by atoms with Gasteiger partial charge in [0.15, 0.2) is 0 Å². The summed E-state index contributed by atoms with van der Waals surface area (Å²) in [6.45, 7) is 0. The average molecular weight is 87.1 g/mol. The van der Waals surface area contributed by atoms with Crippen molar-refractivity contribution in [3.8, 4) is 0 Å². The molecule has 0 saturated heterocycles. The molecule has 0 spiro atoms.